The van der Waals surface area contributed by atoms with Gasteiger partial charge in [-0.05, 0) is 49.1 Å². The van der Waals surface area contributed by atoms with Gasteiger partial charge in [-0.3, -0.25) is 9.36 Å². The van der Waals surface area contributed by atoms with Crippen LogP contribution in [-0.4, -0.2) is 15.3 Å². The maximum atomic E-state index is 13.3. The van der Waals surface area contributed by atoms with Crippen LogP contribution in [0.4, 0.5) is 0 Å². The highest BCUT2D eigenvalue weighted by Crippen LogP contribution is 2.36. The Bertz CT molecular complexity index is 1040. The van der Waals surface area contributed by atoms with Crippen molar-refractivity contribution in [3.05, 3.63) is 69.3 Å². The van der Waals surface area contributed by atoms with Gasteiger partial charge < -0.3 is 0 Å². The maximum absolute atomic E-state index is 13.3. The van der Waals surface area contributed by atoms with E-state index in [0.717, 1.165) is 53.2 Å². The fourth-order valence-corrected chi connectivity index (χ4v) is 6.26. The van der Waals surface area contributed by atoms with E-state index in [2.05, 4.69) is 37.8 Å². The zero-order chi connectivity index (χ0) is 19.5. The van der Waals surface area contributed by atoms with Crippen LogP contribution in [0, 0.1) is 5.92 Å². The van der Waals surface area contributed by atoms with Gasteiger partial charge >= 0.3 is 0 Å². The zero-order valence-corrected chi connectivity index (χ0v) is 18.0. The molecule has 0 spiro atoms. The second kappa shape index (κ2) is 8.66. The van der Waals surface area contributed by atoms with Crippen LogP contribution in [0.2, 0.25) is 0 Å². The number of allylic oxidation sites excluding steroid dienone is 1. The maximum Gasteiger partial charge on any atom is 0.263 e. The van der Waals surface area contributed by atoms with Gasteiger partial charge in [-0.2, -0.15) is 0 Å². The molecule has 2 heterocycles. The highest BCUT2D eigenvalue weighted by molar-refractivity contribution is 7.99. The summed E-state index contributed by atoms with van der Waals surface area (Å²) in [5.41, 5.74) is 2.73. The predicted octanol–water partition coefficient (Wildman–Crippen LogP) is 5.49. The second-order valence-electron chi connectivity index (χ2n) is 7.57. The van der Waals surface area contributed by atoms with Crippen LogP contribution in [0.25, 0.3) is 10.2 Å². The molecule has 1 aromatic carbocycles. The Morgan fingerprint density at radius 1 is 1.36 bits per heavy atom. The minimum atomic E-state index is 0.113. The van der Waals surface area contributed by atoms with Gasteiger partial charge in [-0.1, -0.05) is 55.1 Å². The number of hydrogen-bond acceptors (Lipinski definition) is 4. The van der Waals surface area contributed by atoms with Crippen LogP contribution in [0.3, 0.4) is 0 Å². The van der Waals surface area contributed by atoms with Gasteiger partial charge in [0.25, 0.3) is 5.56 Å². The van der Waals surface area contributed by atoms with Crippen LogP contribution in [0.1, 0.15) is 35.8 Å². The molecule has 1 atom stereocenters. The first-order valence-corrected chi connectivity index (χ1v) is 11.8. The van der Waals surface area contributed by atoms with Crippen molar-refractivity contribution < 1.29 is 0 Å². The van der Waals surface area contributed by atoms with Crippen molar-refractivity contribution in [2.45, 2.75) is 50.7 Å². The molecule has 0 amide bonds. The minimum Gasteiger partial charge on any atom is -0.283 e. The van der Waals surface area contributed by atoms with Crippen molar-refractivity contribution >= 4 is 33.3 Å². The van der Waals surface area contributed by atoms with E-state index in [4.69, 9.17) is 4.98 Å². The van der Waals surface area contributed by atoms with E-state index in [-0.39, 0.29) is 5.56 Å². The van der Waals surface area contributed by atoms with Gasteiger partial charge in [0.05, 0.1) is 5.39 Å². The van der Waals surface area contributed by atoms with Crippen molar-refractivity contribution in [3.63, 3.8) is 0 Å². The number of thioether (sulfide) groups is 1. The number of rotatable bonds is 7. The molecule has 2 aromatic heterocycles. The number of benzene rings is 1. The van der Waals surface area contributed by atoms with E-state index in [1.165, 1.54) is 16.0 Å². The lowest BCUT2D eigenvalue weighted by molar-refractivity contribution is 0.509. The molecule has 0 aliphatic heterocycles. The molecule has 146 valence electrons. The number of fused-ring (bicyclic) bond motifs is 3. The molecule has 0 N–H and O–H groups in total. The first kappa shape index (κ1) is 19.5. The summed E-state index contributed by atoms with van der Waals surface area (Å²) in [6, 6.07) is 10.5. The highest BCUT2D eigenvalue weighted by atomic mass is 32.2. The van der Waals surface area contributed by atoms with Gasteiger partial charge in [-0.15, -0.1) is 17.9 Å². The molecule has 28 heavy (non-hydrogen) atoms. The third-order valence-corrected chi connectivity index (χ3v) is 7.59. The third-order valence-electron chi connectivity index (χ3n) is 5.38. The Hall–Kier alpha value is -1.85. The lowest BCUT2D eigenvalue weighted by Crippen LogP contribution is -2.23. The van der Waals surface area contributed by atoms with Crippen LogP contribution in [0.5, 0.6) is 0 Å². The summed E-state index contributed by atoms with van der Waals surface area (Å²) in [5, 5.41) is 1.69. The van der Waals surface area contributed by atoms with Gasteiger partial charge in [0.15, 0.2) is 5.16 Å². The highest BCUT2D eigenvalue weighted by Gasteiger charge is 2.24. The van der Waals surface area contributed by atoms with Crippen LogP contribution < -0.4 is 5.56 Å². The molecule has 3 nitrogen and oxygen atoms in total. The second-order valence-corrected chi connectivity index (χ2v) is 9.71. The molecule has 1 aliphatic rings. The number of hydrogen-bond donors (Lipinski definition) is 0. The van der Waals surface area contributed by atoms with E-state index in [0.29, 0.717) is 12.5 Å². The molecule has 0 saturated heterocycles. The lowest BCUT2D eigenvalue weighted by atomic mass is 9.89. The number of aromatic nitrogens is 2. The number of thiophene rings is 1. The van der Waals surface area contributed by atoms with E-state index in [1.54, 1.807) is 29.2 Å². The van der Waals surface area contributed by atoms with Crippen molar-refractivity contribution in [2.75, 3.05) is 5.75 Å². The van der Waals surface area contributed by atoms with E-state index < -0.39 is 0 Å². The molecule has 0 radical (unpaired) electrons. The van der Waals surface area contributed by atoms with Gasteiger partial charge in [0, 0.05) is 17.2 Å². The molecular formula is C23H26N2OS2. The monoisotopic (exact) mass is 410 g/mol. The van der Waals surface area contributed by atoms with Crippen LogP contribution in [0.15, 0.2) is 52.9 Å². The summed E-state index contributed by atoms with van der Waals surface area (Å²) in [5.74, 6) is 1.65. The summed E-state index contributed by atoms with van der Waals surface area (Å²) < 4.78 is 1.81. The normalized spacial score (nSPS) is 16.2. The molecule has 5 heteroatoms. The molecule has 0 fully saturated rings. The van der Waals surface area contributed by atoms with Crippen LogP contribution >= 0.6 is 23.1 Å². The summed E-state index contributed by atoms with van der Waals surface area (Å²) >= 11 is 3.42. The summed E-state index contributed by atoms with van der Waals surface area (Å²) in [6.07, 6.45) is 7.16. The fourth-order valence-electron chi connectivity index (χ4n) is 3.89. The number of nitrogens with zero attached hydrogens (tertiary/aromatic N) is 2. The van der Waals surface area contributed by atoms with Crippen molar-refractivity contribution in [2.24, 2.45) is 5.92 Å². The molecule has 1 aliphatic carbocycles. The van der Waals surface area contributed by atoms with Crippen LogP contribution in [-0.2, 0) is 25.8 Å². The summed E-state index contributed by atoms with van der Waals surface area (Å²) in [7, 11) is 0. The zero-order valence-electron chi connectivity index (χ0n) is 16.3. The Morgan fingerprint density at radius 3 is 2.96 bits per heavy atom. The smallest absolute Gasteiger partial charge is 0.263 e. The lowest BCUT2D eigenvalue weighted by Gasteiger charge is -2.17. The molecule has 4 rings (SSSR count). The summed E-state index contributed by atoms with van der Waals surface area (Å²) in [6.45, 7) is 6.66. The topological polar surface area (TPSA) is 34.9 Å². The minimum absolute atomic E-state index is 0.113. The average molecular weight is 411 g/mol. The van der Waals surface area contributed by atoms with Crippen molar-refractivity contribution in [3.8, 4) is 0 Å². The number of aryl methyl sites for hydroxylation is 2. The predicted molar refractivity (Wildman–Crippen MR) is 121 cm³/mol. The fraction of sp³-hybridized carbons (Fsp3) is 0.391. The van der Waals surface area contributed by atoms with E-state index >= 15 is 0 Å². The molecule has 0 unspecified atom stereocenters. The average Bonchev–Trinajstić information content (AvgIpc) is 3.06. The van der Waals surface area contributed by atoms with Gasteiger partial charge in [-0.25, -0.2) is 4.98 Å². The molecule has 3 aromatic rings. The Morgan fingerprint density at radius 2 is 2.18 bits per heavy atom. The first-order valence-electron chi connectivity index (χ1n) is 10.00. The van der Waals surface area contributed by atoms with E-state index in [1.807, 2.05) is 10.6 Å². The SMILES string of the molecule is C=CCn1c(SCCCc2ccccc2)nc2sc3c(c2c1=O)CC[C@H](C)C3. The largest absolute Gasteiger partial charge is 0.283 e. The Labute approximate surface area is 174 Å². The summed E-state index contributed by atoms with van der Waals surface area (Å²) in [4.78, 5) is 20.5. The quantitative estimate of drug-likeness (QED) is 0.223. The van der Waals surface area contributed by atoms with Crippen molar-refractivity contribution in [1.82, 2.24) is 9.55 Å². The van der Waals surface area contributed by atoms with E-state index in [9.17, 15) is 4.79 Å². The molecule has 0 saturated carbocycles. The molecular weight excluding hydrogens is 384 g/mol. The van der Waals surface area contributed by atoms with Crippen molar-refractivity contribution in [1.29, 1.82) is 0 Å². The first-order chi connectivity index (χ1) is 13.7. The van der Waals surface area contributed by atoms with Gasteiger partial charge in [0.1, 0.15) is 4.83 Å². The van der Waals surface area contributed by atoms with Gasteiger partial charge in [0.2, 0.25) is 0 Å². The standard InChI is InChI=1S/C23H26N2OS2/c1-3-13-25-22(26)20-18-12-11-16(2)15-19(18)28-21(20)24-23(25)27-14-7-10-17-8-5-4-6-9-17/h3-6,8-9,16H,1,7,10-15H2,2H3/t16-/m0/s1. The Kier molecular flexibility index (Phi) is 6.02. The molecule has 0 bridgehead atoms. The third kappa shape index (κ3) is 3.96. The Balaban J connectivity index is 1.59.